The Bertz CT molecular complexity index is 1230. The molecule has 9 nitrogen and oxygen atoms in total. The molecule has 0 saturated carbocycles. The molecule has 0 bridgehead atoms. The summed E-state index contributed by atoms with van der Waals surface area (Å²) in [6.45, 7) is 2.13. The van der Waals surface area contributed by atoms with Crippen molar-refractivity contribution < 1.29 is 18.7 Å². The molecule has 33 heavy (non-hydrogen) atoms. The number of hydrazone groups is 1. The van der Waals surface area contributed by atoms with Crippen LogP contribution < -0.4 is 0 Å². The zero-order valence-electron chi connectivity index (χ0n) is 17.3. The lowest BCUT2D eigenvalue weighted by Gasteiger charge is -2.26. The number of fused-ring (bicyclic) bond motifs is 1. The number of furan rings is 1. The molecule has 0 aliphatic carbocycles. The molecule has 11 heteroatoms. The Morgan fingerprint density at radius 3 is 2.70 bits per heavy atom. The number of carbonyl (C=O) groups is 2. The summed E-state index contributed by atoms with van der Waals surface area (Å²) in [5.74, 6) is 0.278. The highest BCUT2D eigenvalue weighted by atomic mass is 35.5. The Morgan fingerprint density at radius 2 is 1.94 bits per heavy atom. The molecular weight excluding hydrogens is 466 g/mol. The van der Waals surface area contributed by atoms with Gasteiger partial charge in [0.2, 0.25) is 11.1 Å². The first kappa shape index (κ1) is 21.6. The summed E-state index contributed by atoms with van der Waals surface area (Å²) >= 11 is 7.06. The normalized spacial score (nSPS) is 19.6. The number of halogens is 1. The molecule has 1 aromatic heterocycles. The number of carbonyl (C=O) groups excluding carboxylic acids is 2. The van der Waals surface area contributed by atoms with Crippen LogP contribution in [0, 0.1) is 5.41 Å². The third-order valence-corrected chi connectivity index (χ3v) is 6.37. The minimum atomic E-state index is -0.556. The Kier molecular flexibility index (Phi) is 5.88. The topological polar surface area (TPSA) is 112 Å². The average molecular weight is 484 g/mol. The quantitative estimate of drug-likeness (QED) is 0.666. The molecule has 0 atom stereocenters. The van der Waals surface area contributed by atoms with Crippen molar-refractivity contribution in [3.63, 3.8) is 0 Å². The number of amidine groups is 2. The van der Waals surface area contributed by atoms with Crippen molar-refractivity contribution >= 4 is 57.3 Å². The van der Waals surface area contributed by atoms with E-state index >= 15 is 0 Å². The molecule has 1 aromatic carbocycles. The SMILES string of the molecule is N=C1C(=Cc2ccc(-c3ccc(Cl)cc3)o2)C(=O)N=C2SC(CC(=O)N3CCOCC3)=NN12. The summed E-state index contributed by atoms with van der Waals surface area (Å²) in [7, 11) is 0. The van der Waals surface area contributed by atoms with Crippen molar-refractivity contribution in [3.8, 4) is 11.3 Å². The molecule has 5 rings (SSSR count). The zero-order valence-corrected chi connectivity index (χ0v) is 18.9. The molecule has 1 N–H and O–H groups in total. The van der Waals surface area contributed by atoms with Crippen molar-refractivity contribution in [2.75, 3.05) is 26.3 Å². The summed E-state index contributed by atoms with van der Waals surface area (Å²) in [5.41, 5.74) is 0.894. The number of nitrogens with zero attached hydrogens (tertiary/aromatic N) is 4. The van der Waals surface area contributed by atoms with Gasteiger partial charge in [0, 0.05) is 23.7 Å². The molecule has 168 valence electrons. The fourth-order valence-electron chi connectivity index (χ4n) is 3.50. The summed E-state index contributed by atoms with van der Waals surface area (Å²) in [6.07, 6.45) is 1.56. The molecule has 4 heterocycles. The van der Waals surface area contributed by atoms with Crippen LogP contribution in [0.15, 0.2) is 56.5 Å². The second-order valence-corrected chi connectivity index (χ2v) is 8.87. The molecule has 0 unspecified atom stereocenters. The molecule has 3 aliphatic heterocycles. The van der Waals surface area contributed by atoms with Gasteiger partial charge in [0.15, 0.2) is 5.84 Å². The van der Waals surface area contributed by atoms with Crippen LogP contribution in [-0.4, -0.2) is 64.1 Å². The monoisotopic (exact) mass is 483 g/mol. The average Bonchev–Trinajstić information content (AvgIpc) is 3.45. The van der Waals surface area contributed by atoms with Crippen LogP contribution in [0.5, 0.6) is 0 Å². The first-order valence-corrected chi connectivity index (χ1v) is 11.4. The standard InChI is InChI=1S/C22H18ClN5O4S/c23-14-3-1-13(2-4-14)17-6-5-15(32-17)11-16-20(24)28-22(25-21(16)30)33-18(26-28)12-19(29)27-7-9-31-10-8-27/h1-6,11,24H,7-10,12H2. The highest BCUT2D eigenvalue weighted by Crippen LogP contribution is 2.31. The molecule has 0 spiro atoms. The highest BCUT2D eigenvalue weighted by molar-refractivity contribution is 8.27. The number of amides is 2. The molecule has 0 radical (unpaired) electrons. The van der Waals surface area contributed by atoms with Crippen molar-refractivity contribution in [1.82, 2.24) is 9.91 Å². The van der Waals surface area contributed by atoms with Gasteiger partial charge in [-0.05, 0) is 54.2 Å². The van der Waals surface area contributed by atoms with E-state index < -0.39 is 5.91 Å². The van der Waals surface area contributed by atoms with E-state index in [0.717, 1.165) is 17.3 Å². The smallest absolute Gasteiger partial charge is 0.283 e. The number of hydrogen-bond donors (Lipinski definition) is 1. The van der Waals surface area contributed by atoms with Crippen molar-refractivity contribution in [2.45, 2.75) is 6.42 Å². The van der Waals surface area contributed by atoms with Gasteiger partial charge >= 0.3 is 0 Å². The van der Waals surface area contributed by atoms with Crippen molar-refractivity contribution in [2.24, 2.45) is 10.1 Å². The third-order valence-electron chi connectivity index (χ3n) is 5.20. The Labute approximate surface area is 198 Å². The van der Waals surface area contributed by atoms with Gasteiger partial charge < -0.3 is 14.1 Å². The second kappa shape index (κ2) is 8.97. The van der Waals surface area contributed by atoms with E-state index in [2.05, 4.69) is 10.1 Å². The molecule has 1 fully saturated rings. The van der Waals surface area contributed by atoms with E-state index in [4.69, 9.17) is 26.2 Å². The maximum atomic E-state index is 12.6. The lowest BCUT2D eigenvalue weighted by Crippen LogP contribution is -2.41. The summed E-state index contributed by atoms with van der Waals surface area (Å²) in [6, 6.07) is 10.7. The molecule has 1 saturated heterocycles. The van der Waals surface area contributed by atoms with Crippen LogP contribution in [0.3, 0.4) is 0 Å². The van der Waals surface area contributed by atoms with Crippen molar-refractivity contribution in [3.05, 3.63) is 52.8 Å². The van der Waals surface area contributed by atoms with E-state index in [1.54, 1.807) is 29.2 Å². The maximum absolute atomic E-state index is 12.6. The zero-order chi connectivity index (χ0) is 22.9. The van der Waals surface area contributed by atoms with Gasteiger partial charge in [-0.15, -0.1) is 0 Å². The van der Waals surface area contributed by atoms with Gasteiger partial charge in [-0.2, -0.15) is 15.1 Å². The molecule has 2 amide bonds. The summed E-state index contributed by atoms with van der Waals surface area (Å²) in [5, 5.41) is 15.5. The number of aliphatic imine (C=N–C) groups is 1. The van der Waals surface area contributed by atoms with Crippen LogP contribution in [0.2, 0.25) is 5.02 Å². The predicted octanol–water partition coefficient (Wildman–Crippen LogP) is 3.47. The van der Waals surface area contributed by atoms with Gasteiger partial charge in [-0.3, -0.25) is 15.0 Å². The first-order valence-electron chi connectivity index (χ1n) is 10.2. The Hall–Kier alpha value is -3.21. The maximum Gasteiger partial charge on any atom is 0.283 e. The Balaban J connectivity index is 1.33. The van der Waals surface area contributed by atoms with E-state index in [0.29, 0.717) is 47.9 Å². The fourth-order valence-corrected chi connectivity index (χ4v) is 4.50. The lowest BCUT2D eigenvalue weighted by atomic mass is 10.1. The van der Waals surface area contributed by atoms with Gasteiger partial charge in [-0.25, -0.2) is 0 Å². The number of thioether (sulfide) groups is 1. The molecule has 2 aromatic rings. The molecule has 3 aliphatic rings. The Morgan fingerprint density at radius 1 is 1.18 bits per heavy atom. The number of morpholine rings is 1. The van der Waals surface area contributed by atoms with Crippen LogP contribution in [0.25, 0.3) is 17.4 Å². The van der Waals surface area contributed by atoms with E-state index in [-0.39, 0.29) is 28.9 Å². The molecular formula is C22H18ClN5O4S. The fraction of sp³-hybridized carbons (Fsp3) is 0.227. The van der Waals surface area contributed by atoms with E-state index in [1.165, 1.54) is 11.1 Å². The van der Waals surface area contributed by atoms with Crippen LogP contribution in [0.4, 0.5) is 0 Å². The van der Waals surface area contributed by atoms with E-state index in [1.807, 2.05) is 12.1 Å². The van der Waals surface area contributed by atoms with Gasteiger partial charge in [0.25, 0.3) is 5.91 Å². The van der Waals surface area contributed by atoms with Crippen LogP contribution >= 0.6 is 23.4 Å². The number of ether oxygens (including phenoxy) is 1. The third kappa shape index (κ3) is 4.50. The lowest BCUT2D eigenvalue weighted by molar-refractivity contribution is -0.133. The minimum absolute atomic E-state index is 0.0564. The predicted molar refractivity (Wildman–Crippen MR) is 126 cm³/mol. The number of benzene rings is 1. The van der Waals surface area contributed by atoms with Gasteiger partial charge in [-0.1, -0.05) is 11.6 Å². The first-order chi connectivity index (χ1) is 16.0. The highest BCUT2D eigenvalue weighted by Gasteiger charge is 2.36. The summed E-state index contributed by atoms with van der Waals surface area (Å²) in [4.78, 5) is 30.9. The number of nitrogens with one attached hydrogen (secondary N) is 1. The minimum Gasteiger partial charge on any atom is -0.457 e. The summed E-state index contributed by atoms with van der Waals surface area (Å²) < 4.78 is 11.1. The van der Waals surface area contributed by atoms with Crippen molar-refractivity contribution in [1.29, 1.82) is 5.41 Å². The van der Waals surface area contributed by atoms with Gasteiger partial charge in [0.05, 0.1) is 25.2 Å². The number of hydrogen-bond acceptors (Lipinski definition) is 7. The number of rotatable bonds is 4. The van der Waals surface area contributed by atoms with Crippen LogP contribution in [-0.2, 0) is 14.3 Å². The largest absolute Gasteiger partial charge is 0.457 e. The van der Waals surface area contributed by atoms with E-state index in [9.17, 15) is 9.59 Å². The van der Waals surface area contributed by atoms with Crippen LogP contribution in [0.1, 0.15) is 12.2 Å². The van der Waals surface area contributed by atoms with Gasteiger partial charge in [0.1, 0.15) is 16.6 Å². The second-order valence-electron chi connectivity index (χ2n) is 7.39.